The Kier molecular flexibility index (Phi) is 5.56. The number of aromatic nitrogens is 1. The van der Waals surface area contributed by atoms with Crippen molar-refractivity contribution in [3.63, 3.8) is 0 Å². The Hall–Kier alpha value is -3.52. The van der Waals surface area contributed by atoms with Gasteiger partial charge in [0.05, 0.1) is 12.8 Å². The van der Waals surface area contributed by atoms with E-state index in [4.69, 9.17) is 16.3 Å². The van der Waals surface area contributed by atoms with Crippen LogP contribution in [0.15, 0.2) is 48.7 Å². The van der Waals surface area contributed by atoms with Gasteiger partial charge in [-0.3, -0.25) is 14.5 Å². The highest BCUT2D eigenvalue weighted by Gasteiger charge is 2.43. The number of aromatic amines is 1. The Morgan fingerprint density at radius 2 is 2.03 bits per heavy atom. The molecule has 2 heterocycles. The zero-order chi connectivity index (χ0) is 22.1. The van der Waals surface area contributed by atoms with Gasteiger partial charge in [-0.1, -0.05) is 29.8 Å². The number of imide groups is 1. The fraction of sp³-hybridized carbons (Fsp3) is 0.227. The Morgan fingerprint density at radius 1 is 1.26 bits per heavy atom. The number of carbonyl (C=O) groups excluding carboxylic acids is 3. The minimum Gasteiger partial charge on any atom is -0.495 e. The summed E-state index contributed by atoms with van der Waals surface area (Å²) in [7, 11) is 1.47. The van der Waals surface area contributed by atoms with Crippen molar-refractivity contribution in [2.45, 2.75) is 25.4 Å². The van der Waals surface area contributed by atoms with Crippen LogP contribution >= 0.6 is 11.6 Å². The molecule has 3 aromatic rings. The molecule has 160 valence electrons. The predicted molar refractivity (Wildman–Crippen MR) is 117 cm³/mol. The van der Waals surface area contributed by atoms with Crippen LogP contribution in [0.3, 0.4) is 0 Å². The number of halogens is 1. The third-order valence-electron chi connectivity index (χ3n) is 5.34. The second-order valence-electron chi connectivity index (χ2n) is 7.28. The maximum atomic E-state index is 13.0. The van der Waals surface area contributed by atoms with Gasteiger partial charge in [-0.2, -0.15) is 0 Å². The summed E-state index contributed by atoms with van der Waals surface area (Å²) in [6.45, 7) is 1.50. The van der Waals surface area contributed by atoms with Gasteiger partial charge in [0.1, 0.15) is 17.8 Å². The average molecular weight is 441 g/mol. The molecule has 0 aliphatic carbocycles. The lowest BCUT2D eigenvalue weighted by Crippen LogP contribution is -2.46. The summed E-state index contributed by atoms with van der Waals surface area (Å²) in [5.41, 5.74) is 2.22. The van der Waals surface area contributed by atoms with Crippen LogP contribution < -0.4 is 15.4 Å². The molecular weight excluding hydrogens is 420 g/mol. The van der Waals surface area contributed by atoms with Crippen LogP contribution in [0.1, 0.15) is 12.5 Å². The zero-order valence-electron chi connectivity index (χ0n) is 16.9. The second-order valence-corrected chi connectivity index (χ2v) is 7.72. The quantitative estimate of drug-likeness (QED) is 0.511. The topological polar surface area (TPSA) is 104 Å². The van der Waals surface area contributed by atoms with E-state index in [2.05, 4.69) is 15.6 Å². The van der Waals surface area contributed by atoms with Crippen molar-refractivity contribution in [3.8, 4) is 5.75 Å². The van der Waals surface area contributed by atoms with Gasteiger partial charge >= 0.3 is 6.03 Å². The molecule has 1 saturated heterocycles. The minimum atomic E-state index is -1.02. The van der Waals surface area contributed by atoms with Crippen LogP contribution in [0.25, 0.3) is 10.9 Å². The molecule has 8 nitrogen and oxygen atoms in total. The zero-order valence-corrected chi connectivity index (χ0v) is 17.7. The highest BCUT2D eigenvalue weighted by atomic mass is 35.5. The van der Waals surface area contributed by atoms with Crippen molar-refractivity contribution >= 4 is 46.0 Å². The normalized spacial score (nSPS) is 17.0. The Labute approximate surface area is 183 Å². The third kappa shape index (κ3) is 3.94. The highest BCUT2D eigenvalue weighted by molar-refractivity contribution is 6.31. The average Bonchev–Trinajstić information content (AvgIpc) is 3.28. The van der Waals surface area contributed by atoms with E-state index >= 15 is 0 Å². The molecule has 0 radical (unpaired) electrons. The van der Waals surface area contributed by atoms with Crippen molar-refractivity contribution in [3.05, 3.63) is 59.2 Å². The predicted octanol–water partition coefficient (Wildman–Crippen LogP) is 3.32. The van der Waals surface area contributed by atoms with E-state index in [0.29, 0.717) is 22.9 Å². The first-order valence-electron chi connectivity index (χ1n) is 9.72. The van der Waals surface area contributed by atoms with Gasteiger partial charge < -0.3 is 20.4 Å². The second kappa shape index (κ2) is 8.31. The van der Waals surface area contributed by atoms with E-state index < -0.39 is 29.9 Å². The van der Waals surface area contributed by atoms with Gasteiger partial charge in [-0.15, -0.1) is 0 Å². The largest absolute Gasteiger partial charge is 0.495 e. The Morgan fingerprint density at radius 3 is 2.81 bits per heavy atom. The van der Waals surface area contributed by atoms with Gasteiger partial charge in [-0.25, -0.2) is 4.79 Å². The summed E-state index contributed by atoms with van der Waals surface area (Å²) in [5.74, 6) is -0.563. The molecule has 31 heavy (non-hydrogen) atoms. The number of rotatable bonds is 6. The standard InChI is InChI=1S/C22H21ClN4O4/c1-12(20(28)25-17-10-14(23)7-8-19(17)31-2)27-21(29)18(26-22(27)30)9-13-11-24-16-6-4-3-5-15(13)16/h3-8,10-12,18,24H,9H2,1-2H3,(H,25,28)(H,26,30)/t12-,18+/m1/s1. The summed E-state index contributed by atoms with van der Waals surface area (Å²) >= 11 is 6.00. The molecule has 2 atom stereocenters. The van der Waals surface area contributed by atoms with Gasteiger partial charge in [0, 0.05) is 28.5 Å². The lowest BCUT2D eigenvalue weighted by atomic mass is 10.0. The molecule has 1 aromatic heterocycles. The number of anilines is 1. The number of hydrogen-bond donors (Lipinski definition) is 3. The van der Waals surface area contributed by atoms with Crippen LogP contribution in [-0.4, -0.2) is 46.9 Å². The molecular formula is C22H21ClN4O4. The van der Waals surface area contributed by atoms with Gasteiger partial charge in [0.2, 0.25) is 5.91 Å². The first kappa shape index (κ1) is 20.7. The molecule has 1 aliphatic heterocycles. The van der Waals surface area contributed by atoms with Crippen LogP contribution in [0, 0.1) is 0 Å². The number of H-pyrrole nitrogens is 1. The number of methoxy groups -OCH3 is 1. The number of urea groups is 1. The van der Waals surface area contributed by atoms with Crippen molar-refractivity contribution in [2.24, 2.45) is 0 Å². The molecule has 3 N–H and O–H groups in total. The van der Waals surface area contributed by atoms with Crippen molar-refractivity contribution < 1.29 is 19.1 Å². The molecule has 2 aromatic carbocycles. The first-order chi connectivity index (χ1) is 14.9. The minimum absolute atomic E-state index is 0.321. The Balaban J connectivity index is 1.49. The van der Waals surface area contributed by atoms with Crippen LogP contribution in [0.4, 0.5) is 10.5 Å². The molecule has 0 spiro atoms. The van der Waals surface area contributed by atoms with E-state index in [0.717, 1.165) is 21.4 Å². The number of nitrogens with one attached hydrogen (secondary N) is 3. The summed E-state index contributed by atoms with van der Waals surface area (Å²) in [4.78, 5) is 42.4. The Bertz CT molecular complexity index is 1180. The number of para-hydroxylation sites is 1. The fourth-order valence-corrected chi connectivity index (χ4v) is 3.88. The van der Waals surface area contributed by atoms with Crippen LogP contribution in [0.2, 0.25) is 5.02 Å². The number of carbonyl (C=O) groups is 3. The van der Waals surface area contributed by atoms with E-state index in [9.17, 15) is 14.4 Å². The highest BCUT2D eigenvalue weighted by Crippen LogP contribution is 2.28. The number of hydrogen-bond acceptors (Lipinski definition) is 4. The molecule has 1 fully saturated rings. The van der Waals surface area contributed by atoms with Crippen LogP contribution in [0.5, 0.6) is 5.75 Å². The monoisotopic (exact) mass is 440 g/mol. The lowest BCUT2D eigenvalue weighted by Gasteiger charge is -2.21. The SMILES string of the molecule is COc1ccc(Cl)cc1NC(=O)[C@@H](C)N1C(=O)N[C@@H](Cc2c[nH]c3ccccc23)C1=O. The van der Waals surface area contributed by atoms with Crippen LogP contribution in [-0.2, 0) is 16.0 Å². The number of fused-ring (bicyclic) bond motifs is 1. The number of nitrogens with zero attached hydrogens (tertiary/aromatic N) is 1. The number of ether oxygens (including phenoxy) is 1. The van der Waals surface area contributed by atoms with Gasteiger partial charge in [-0.05, 0) is 36.8 Å². The lowest BCUT2D eigenvalue weighted by molar-refractivity contribution is -0.133. The van der Waals surface area contributed by atoms with E-state index in [1.54, 1.807) is 12.1 Å². The molecule has 0 unspecified atom stereocenters. The molecule has 0 saturated carbocycles. The van der Waals surface area contributed by atoms with Crippen molar-refractivity contribution in [1.29, 1.82) is 0 Å². The maximum Gasteiger partial charge on any atom is 0.325 e. The van der Waals surface area contributed by atoms with E-state index in [1.165, 1.54) is 20.1 Å². The third-order valence-corrected chi connectivity index (χ3v) is 5.57. The number of benzene rings is 2. The summed E-state index contributed by atoms with van der Waals surface area (Å²) in [6.07, 6.45) is 2.15. The molecule has 1 aliphatic rings. The van der Waals surface area contributed by atoms with Gasteiger partial charge in [0.15, 0.2) is 0 Å². The first-order valence-corrected chi connectivity index (χ1v) is 10.1. The molecule has 4 amide bonds. The summed E-state index contributed by atoms with van der Waals surface area (Å²) in [5, 5.41) is 6.77. The van der Waals surface area contributed by atoms with E-state index in [-0.39, 0.29) is 0 Å². The smallest absolute Gasteiger partial charge is 0.325 e. The molecule has 0 bridgehead atoms. The summed E-state index contributed by atoms with van der Waals surface area (Å²) in [6, 6.07) is 10.1. The van der Waals surface area contributed by atoms with Gasteiger partial charge in [0.25, 0.3) is 5.91 Å². The van der Waals surface area contributed by atoms with Crippen molar-refractivity contribution in [2.75, 3.05) is 12.4 Å². The molecule has 4 rings (SSSR count). The molecule has 9 heteroatoms. The maximum absolute atomic E-state index is 13.0. The number of amides is 4. The van der Waals surface area contributed by atoms with Crippen molar-refractivity contribution in [1.82, 2.24) is 15.2 Å². The fourth-order valence-electron chi connectivity index (χ4n) is 3.71. The van der Waals surface area contributed by atoms with E-state index in [1.807, 2.05) is 30.5 Å². The summed E-state index contributed by atoms with van der Waals surface area (Å²) < 4.78 is 5.22.